The molecule has 6 aromatic rings. The smallest absolute Gasteiger partial charge is 0.161 e. The van der Waals surface area contributed by atoms with Crippen LogP contribution >= 0.6 is 0 Å². The van der Waals surface area contributed by atoms with Crippen LogP contribution in [0.1, 0.15) is 0 Å². The van der Waals surface area contributed by atoms with Crippen LogP contribution < -0.4 is 0 Å². The summed E-state index contributed by atoms with van der Waals surface area (Å²) in [5.74, 6) is 0.703. The van der Waals surface area contributed by atoms with Gasteiger partial charge in [-0.25, -0.2) is 9.97 Å². The van der Waals surface area contributed by atoms with E-state index in [-0.39, 0.29) is 5.75 Å². The fraction of sp³-hybridized carbons (Fsp3) is 0. The van der Waals surface area contributed by atoms with E-state index < -0.39 is 0 Å². The van der Waals surface area contributed by atoms with E-state index in [1.165, 1.54) is 6.20 Å². The minimum Gasteiger partial charge on any atom is -0.506 e. The lowest BCUT2D eigenvalue weighted by atomic mass is 10.1. The number of pyridine rings is 3. The Morgan fingerprint density at radius 1 is 0.806 bits per heavy atom. The van der Waals surface area contributed by atoms with Crippen LogP contribution in [0.4, 0.5) is 0 Å². The molecule has 3 N–H and O–H groups in total. The normalized spacial score (nSPS) is 11.4. The maximum atomic E-state index is 9.75. The average molecular weight is 405 g/mol. The second-order valence-electron chi connectivity index (χ2n) is 7.10. The molecular weight excluding hydrogens is 390 g/mol. The Balaban J connectivity index is 1.51. The van der Waals surface area contributed by atoms with E-state index in [1.54, 1.807) is 18.5 Å². The number of imidazole rings is 1. The van der Waals surface area contributed by atoms with Gasteiger partial charge in [-0.3, -0.25) is 15.1 Å². The van der Waals surface area contributed by atoms with Crippen molar-refractivity contribution in [3.63, 3.8) is 0 Å². The molecule has 0 aliphatic carbocycles. The third-order valence-corrected chi connectivity index (χ3v) is 5.11. The number of rotatable bonds is 3. The Hall–Kier alpha value is -4.59. The molecule has 1 aromatic carbocycles. The number of benzene rings is 1. The van der Waals surface area contributed by atoms with E-state index in [2.05, 4.69) is 25.1 Å². The van der Waals surface area contributed by atoms with Gasteiger partial charge in [-0.1, -0.05) is 18.2 Å². The summed E-state index contributed by atoms with van der Waals surface area (Å²) in [5, 5.41) is 17.2. The van der Waals surface area contributed by atoms with Crippen molar-refractivity contribution in [3.05, 3.63) is 73.2 Å². The molecule has 148 valence electrons. The molecule has 31 heavy (non-hydrogen) atoms. The molecule has 0 aliphatic rings. The van der Waals surface area contributed by atoms with Gasteiger partial charge in [0.2, 0.25) is 0 Å². The zero-order valence-corrected chi connectivity index (χ0v) is 16.1. The fourth-order valence-electron chi connectivity index (χ4n) is 3.67. The molecule has 0 unspecified atom stereocenters. The Bertz CT molecular complexity index is 1550. The second-order valence-corrected chi connectivity index (χ2v) is 7.10. The van der Waals surface area contributed by atoms with Gasteiger partial charge in [0.15, 0.2) is 11.5 Å². The van der Waals surface area contributed by atoms with Crippen molar-refractivity contribution >= 4 is 22.1 Å². The summed E-state index contributed by atoms with van der Waals surface area (Å²) < 4.78 is 0. The first-order valence-corrected chi connectivity index (χ1v) is 9.66. The van der Waals surface area contributed by atoms with Crippen molar-refractivity contribution in [1.82, 2.24) is 35.1 Å². The van der Waals surface area contributed by atoms with Crippen molar-refractivity contribution in [1.29, 1.82) is 0 Å². The predicted octanol–water partition coefficient (Wildman–Crippen LogP) is 4.33. The van der Waals surface area contributed by atoms with Crippen LogP contribution in [-0.4, -0.2) is 40.2 Å². The molecule has 0 spiro atoms. The van der Waals surface area contributed by atoms with Gasteiger partial charge in [-0.2, -0.15) is 5.10 Å². The Morgan fingerprint density at radius 2 is 1.77 bits per heavy atom. The molecule has 5 aromatic heterocycles. The molecule has 0 fully saturated rings. The standard InChI is InChI=1S/C23H15N7O/c31-14-10-13(11-24-12-14)16-7-8-19-21(26-16)22(30-29-19)23-27-18-6-3-4-15(20(18)28-23)17-5-1-2-9-25-17/h1-12,31H,(H,27,28)(H,29,30). The average Bonchev–Trinajstić information content (AvgIpc) is 3.43. The van der Waals surface area contributed by atoms with E-state index in [0.29, 0.717) is 22.7 Å². The monoisotopic (exact) mass is 405 g/mol. The highest BCUT2D eigenvalue weighted by molar-refractivity contribution is 5.95. The summed E-state index contributed by atoms with van der Waals surface area (Å²) in [6.45, 7) is 0. The summed E-state index contributed by atoms with van der Waals surface area (Å²) in [7, 11) is 0. The van der Waals surface area contributed by atoms with Crippen LogP contribution in [0.15, 0.2) is 73.2 Å². The summed E-state index contributed by atoms with van der Waals surface area (Å²) in [6.07, 6.45) is 4.82. The van der Waals surface area contributed by atoms with Crippen LogP contribution in [0.3, 0.4) is 0 Å². The molecule has 0 radical (unpaired) electrons. The number of hydrogen-bond donors (Lipinski definition) is 3. The first-order chi connectivity index (χ1) is 15.3. The minimum absolute atomic E-state index is 0.0890. The first kappa shape index (κ1) is 17.3. The number of aromatic amines is 2. The number of H-pyrrole nitrogens is 2. The number of aromatic hydroxyl groups is 1. The quantitative estimate of drug-likeness (QED) is 0.403. The zero-order chi connectivity index (χ0) is 20.8. The summed E-state index contributed by atoms with van der Waals surface area (Å²) in [5.41, 5.74) is 7.00. The highest BCUT2D eigenvalue weighted by Crippen LogP contribution is 2.31. The molecule has 8 heteroatoms. The summed E-state index contributed by atoms with van der Waals surface area (Å²) >= 11 is 0. The van der Waals surface area contributed by atoms with Gasteiger partial charge in [0, 0.05) is 23.5 Å². The highest BCUT2D eigenvalue weighted by atomic mass is 16.3. The van der Waals surface area contributed by atoms with Crippen LogP contribution in [0, 0.1) is 0 Å². The molecule has 0 saturated carbocycles. The van der Waals surface area contributed by atoms with E-state index in [4.69, 9.17) is 9.97 Å². The number of hydrogen-bond acceptors (Lipinski definition) is 6. The van der Waals surface area contributed by atoms with Gasteiger partial charge in [-0.15, -0.1) is 0 Å². The van der Waals surface area contributed by atoms with Gasteiger partial charge in [-0.05, 0) is 36.4 Å². The molecule has 8 nitrogen and oxygen atoms in total. The lowest BCUT2D eigenvalue weighted by Gasteiger charge is -2.01. The number of para-hydroxylation sites is 1. The largest absolute Gasteiger partial charge is 0.506 e. The van der Waals surface area contributed by atoms with Gasteiger partial charge >= 0.3 is 0 Å². The molecule has 0 saturated heterocycles. The van der Waals surface area contributed by atoms with Crippen molar-refractivity contribution in [2.75, 3.05) is 0 Å². The fourth-order valence-corrected chi connectivity index (χ4v) is 3.67. The van der Waals surface area contributed by atoms with E-state index >= 15 is 0 Å². The minimum atomic E-state index is 0.0890. The highest BCUT2D eigenvalue weighted by Gasteiger charge is 2.17. The molecule has 6 rings (SSSR count). The first-order valence-electron chi connectivity index (χ1n) is 9.66. The Labute approximate surface area is 175 Å². The van der Waals surface area contributed by atoms with Crippen LogP contribution in [0.5, 0.6) is 5.75 Å². The third-order valence-electron chi connectivity index (χ3n) is 5.11. The maximum absolute atomic E-state index is 9.75. The number of nitrogens with one attached hydrogen (secondary N) is 2. The summed E-state index contributed by atoms with van der Waals surface area (Å²) in [6, 6.07) is 17.2. The lowest BCUT2D eigenvalue weighted by molar-refractivity contribution is 0.473. The number of aromatic nitrogens is 7. The van der Waals surface area contributed by atoms with E-state index in [0.717, 1.165) is 33.4 Å². The van der Waals surface area contributed by atoms with Crippen LogP contribution in [0.25, 0.3) is 56.1 Å². The predicted molar refractivity (Wildman–Crippen MR) is 117 cm³/mol. The zero-order valence-electron chi connectivity index (χ0n) is 16.1. The Kier molecular flexibility index (Phi) is 3.76. The lowest BCUT2D eigenvalue weighted by Crippen LogP contribution is -1.88. The number of nitrogens with zero attached hydrogens (tertiary/aromatic N) is 5. The number of fused-ring (bicyclic) bond motifs is 2. The topological polar surface area (TPSA) is 116 Å². The van der Waals surface area contributed by atoms with Crippen molar-refractivity contribution < 1.29 is 5.11 Å². The van der Waals surface area contributed by atoms with Crippen LogP contribution in [0.2, 0.25) is 0 Å². The van der Waals surface area contributed by atoms with Crippen molar-refractivity contribution in [3.8, 4) is 39.8 Å². The van der Waals surface area contributed by atoms with Gasteiger partial charge < -0.3 is 10.1 Å². The molecule has 0 aliphatic heterocycles. The molecule has 5 heterocycles. The van der Waals surface area contributed by atoms with Gasteiger partial charge in [0.1, 0.15) is 11.3 Å². The van der Waals surface area contributed by atoms with Gasteiger partial charge in [0.25, 0.3) is 0 Å². The third kappa shape index (κ3) is 2.89. The molecule has 0 atom stereocenters. The van der Waals surface area contributed by atoms with E-state index in [9.17, 15) is 5.11 Å². The molecule has 0 bridgehead atoms. The van der Waals surface area contributed by atoms with E-state index in [1.807, 2.05) is 48.5 Å². The summed E-state index contributed by atoms with van der Waals surface area (Å²) in [4.78, 5) is 21.4. The van der Waals surface area contributed by atoms with Gasteiger partial charge in [0.05, 0.1) is 34.1 Å². The SMILES string of the molecule is Oc1cncc(-c2ccc3[nH]nc(-c4nc5c(-c6ccccn6)cccc5[nH]4)c3n2)c1. The molecule has 0 amide bonds. The maximum Gasteiger partial charge on any atom is 0.161 e. The van der Waals surface area contributed by atoms with Crippen LogP contribution in [-0.2, 0) is 0 Å². The Morgan fingerprint density at radius 3 is 2.65 bits per heavy atom. The van der Waals surface area contributed by atoms with Crippen molar-refractivity contribution in [2.24, 2.45) is 0 Å². The molecular formula is C23H15N7O. The second kappa shape index (κ2) is 6.74. The van der Waals surface area contributed by atoms with Crippen molar-refractivity contribution in [2.45, 2.75) is 0 Å².